The van der Waals surface area contributed by atoms with Gasteiger partial charge in [0.2, 0.25) is 0 Å². The molecule has 1 aliphatic carbocycles. The van der Waals surface area contributed by atoms with Crippen molar-refractivity contribution in [2.75, 3.05) is 6.61 Å². The first-order valence-corrected chi connectivity index (χ1v) is 8.19. The molecule has 2 N–H and O–H groups in total. The molecule has 0 saturated heterocycles. The molecule has 4 heteroatoms. The first-order chi connectivity index (χ1) is 10.4. The second kappa shape index (κ2) is 7.63. The van der Waals surface area contributed by atoms with Crippen LogP contribution in [0.15, 0.2) is 24.3 Å². The number of carbonyl (C=O) groups is 1. The number of ether oxygens (including phenoxy) is 1. The molecule has 0 atom stereocenters. The largest absolute Gasteiger partial charge is 0.483 e. The summed E-state index contributed by atoms with van der Waals surface area (Å²) in [7, 11) is 0. The number of amides is 1. The van der Waals surface area contributed by atoms with E-state index in [1.807, 2.05) is 39.0 Å². The Morgan fingerprint density at radius 3 is 2.59 bits per heavy atom. The van der Waals surface area contributed by atoms with Crippen LogP contribution in [0.25, 0.3) is 0 Å². The second-order valence-electron chi connectivity index (χ2n) is 7.06. The minimum Gasteiger partial charge on any atom is -0.483 e. The summed E-state index contributed by atoms with van der Waals surface area (Å²) >= 11 is 0. The molecule has 1 amide bonds. The van der Waals surface area contributed by atoms with E-state index < -0.39 is 0 Å². The Morgan fingerprint density at radius 2 is 1.91 bits per heavy atom. The van der Waals surface area contributed by atoms with Crippen LogP contribution in [0.3, 0.4) is 0 Å². The molecule has 22 heavy (non-hydrogen) atoms. The highest BCUT2D eigenvalue weighted by atomic mass is 16.5. The van der Waals surface area contributed by atoms with Gasteiger partial charge in [-0.05, 0) is 39.7 Å². The van der Waals surface area contributed by atoms with Crippen molar-refractivity contribution in [3.8, 4) is 5.75 Å². The smallest absolute Gasteiger partial charge is 0.258 e. The van der Waals surface area contributed by atoms with E-state index in [9.17, 15) is 4.79 Å². The number of rotatable bonds is 6. The zero-order valence-corrected chi connectivity index (χ0v) is 13.9. The zero-order valence-electron chi connectivity index (χ0n) is 13.9. The number of hydrogen-bond acceptors (Lipinski definition) is 3. The summed E-state index contributed by atoms with van der Waals surface area (Å²) in [5.74, 6) is 0.697. The van der Waals surface area contributed by atoms with E-state index in [0.29, 0.717) is 6.04 Å². The van der Waals surface area contributed by atoms with Gasteiger partial charge < -0.3 is 15.4 Å². The predicted octanol–water partition coefficient (Wildman–Crippen LogP) is 3.01. The summed E-state index contributed by atoms with van der Waals surface area (Å²) in [5, 5.41) is 6.49. The van der Waals surface area contributed by atoms with Crippen molar-refractivity contribution >= 4 is 5.91 Å². The van der Waals surface area contributed by atoms with Crippen molar-refractivity contribution in [2.45, 2.75) is 64.6 Å². The van der Waals surface area contributed by atoms with Gasteiger partial charge in [0.15, 0.2) is 6.61 Å². The van der Waals surface area contributed by atoms with Crippen LogP contribution >= 0.6 is 0 Å². The summed E-state index contributed by atoms with van der Waals surface area (Å²) in [6.45, 7) is 6.73. The third-order valence-corrected chi connectivity index (χ3v) is 3.78. The maximum atomic E-state index is 11.9. The van der Waals surface area contributed by atoms with Gasteiger partial charge in [-0.3, -0.25) is 4.79 Å². The number of benzene rings is 1. The summed E-state index contributed by atoms with van der Waals surface area (Å²) in [6, 6.07) is 8.55. The molecule has 2 rings (SSSR count). The van der Waals surface area contributed by atoms with Crippen molar-refractivity contribution in [3.63, 3.8) is 0 Å². The minimum atomic E-state index is -0.232. The molecule has 0 heterocycles. The Morgan fingerprint density at radius 1 is 1.23 bits per heavy atom. The van der Waals surface area contributed by atoms with Gasteiger partial charge in [0.05, 0.1) is 0 Å². The normalized spacial score (nSPS) is 15.8. The van der Waals surface area contributed by atoms with Crippen molar-refractivity contribution in [1.82, 2.24) is 10.6 Å². The molecule has 0 aromatic heterocycles. The maximum absolute atomic E-state index is 11.9. The fourth-order valence-corrected chi connectivity index (χ4v) is 2.77. The van der Waals surface area contributed by atoms with Crippen LogP contribution in [0.5, 0.6) is 5.75 Å². The summed E-state index contributed by atoms with van der Waals surface area (Å²) in [6.07, 6.45) is 5.17. The Hall–Kier alpha value is -1.55. The van der Waals surface area contributed by atoms with Gasteiger partial charge in [-0.25, -0.2) is 0 Å². The van der Waals surface area contributed by atoms with Crippen LogP contribution in [0, 0.1) is 0 Å². The monoisotopic (exact) mass is 304 g/mol. The van der Waals surface area contributed by atoms with Gasteiger partial charge in [-0.2, -0.15) is 0 Å². The molecule has 1 aliphatic rings. The van der Waals surface area contributed by atoms with E-state index in [1.54, 1.807) is 0 Å². The van der Waals surface area contributed by atoms with Gasteiger partial charge in [-0.1, -0.05) is 31.0 Å². The van der Waals surface area contributed by atoms with Crippen molar-refractivity contribution < 1.29 is 9.53 Å². The number of carbonyl (C=O) groups excluding carboxylic acids is 1. The molecule has 0 unspecified atom stereocenters. The van der Waals surface area contributed by atoms with E-state index in [0.717, 1.165) is 17.9 Å². The van der Waals surface area contributed by atoms with Gasteiger partial charge >= 0.3 is 0 Å². The van der Waals surface area contributed by atoms with E-state index in [-0.39, 0.29) is 18.1 Å². The van der Waals surface area contributed by atoms with Crippen molar-refractivity contribution in [1.29, 1.82) is 0 Å². The van der Waals surface area contributed by atoms with Crippen molar-refractivity contribution in [3.05, 3.63) is 29.8 Å². The lowest BCUT2D eigenvalue weighted by molar-refractivity contribution is -0.124. The van der Waals surface area contributed by atoms with Crippen LogP contribution < -0.4 is 15.4 Å². The van der Waals surface area contributed by atoms with Gasteiger partial charge in [0.25, 0.3) is 5.91 Å². The quantitative estimate of drug-likeness (QED) is 0.849. The minimum absolute atomic E-state index is 0.0533. The average molecular weight is 304 g/mol. The van der Waals surface area contributed by atoms with Crippen LogP contribution in [-0.2, 0) is 11.3 Å². The molecule has 0 radical (unpaired) electrons. The molecule has 4 nitrogen and oxygen atoms in total. The lowest BCUT2D eigenvalue weighted by Gasteiger charge is -2.21. The lowest BCUT2D eigenvalue weighted by atomic mass is 10.1. The molecule has 1 aromatic rings. The number of para-hydroxylation sites is 1. The van der Waals surface area contributed by atoms with Crippen LogP contribution in [0.4, 0.5) is 0 Å². The fourth-order valence-electron chi connectivity index (χ4n) is 2.77. The van der Waals surface area contributed by atoms with E-state index in [4.69, 9.17) is 4.74 Å². The van der Waals surface area contributed by atoms with E-state index in [1.165, 1.54) is 25.7 Å². The SMILES string of the molecule is CC(C)(C)NC(=O)COc1ccccc1CNC1CCCC1. The molecule has 0 aliphatic heterocycles. The average Bonchev–Trinajstić information content (AvgIpc) is 2.95. The number of nitrogens with one attached hydrogen (secondary N) is 2. The third kappa shape index (κ3) is 5.68. The molecule has 1 aromatic carbocycles. The van der Waals surface area contributed by atoms with Crippen LogP contribution in [-0.4, -0.2) is 24.1 Å². The number of hydrogen-bond donors (Lipinski definition) is 2. The third-order valence-electron chi connectivity index (χ3n) is 3.78. The van der Waals surface area contributed by atoms with E-state index >= 15 is 0 Å². The highest BCUT2D eigenvalue weighted by Crippen LogP contribution is 2.21. The van der Waals surface area contributed by atoms with Crippen molar-refractivity contribution in [2.24, 2.45) is 0 Å². The van der Waals surface area contributed by atoms with Gasteiger partial charge in [-0.15, -0.1) is 0 Å². The molecule has 0 bridgehead atoms. The summed E-state index contributed by atoms with van der Waals surface area (Å²) in [5.41, 5.74) is 0.877. The Balaban J connectivity index is 1.86. The standard InChI is InChI=1S/C18H28N2O2/c1-18(2,3)20-17(21)13-22-16-11-7-4-8-14(16)12-19-15-9-5-6-10-15/h4,7-8,11,15,19H,5-6,9-10,12-13H2,1-3H3,(H,20,21). The van der Waals surface area contributed by atoms with E-state index in [2.05, 4.69) is 16.7 Å². The molecular weight excluding hydrogens is 276 g/mol. The first-order valence-electron chi connectivity index (χ1n) is 8.19. The molecular formula is C18H28N2O2. The molecule has 0 spiro atoms. The lowest BCUT2D eigenvalue weighted by Crippen LogP contribution is -2.43. The molecule has 1 saturated carbocycles. The first kappa shape index (κ1) is 16.8. The molecule has 1 fully saturated rings. The summed E-state index contributed by atoms with van der Waals surface area (Å²) in [4.78, 5) is 11.9. The Kier molecular flexibility index (Phi) is 5.83. The second-order valence-corrected chi connectivity index (χ2v) is 7.06. The molecule has 122 valence electrons. The van der Waals surface area contributed by atoms with Gasteiger partial charge in [0.1, 0.15) is 5.75 Å². The highest BCUT2D eigenvalue weighted by Gasteiger charge is 2.16. The predicted molar refractivity (Wildman–Crippen MR) is 88.9 cm³/mol. The topological polar surface area (TPSA) is 50.4 Å². The maximum Gasteiger partial charge on any atom is 0.258 e. The zero-order chi connectivity index (χ0) is 16.0. The Bertz CT molecular complexity index is 488. The summed E-state index contributed by atoms with van der Waals surface area (Å²) < 4.78 is 5.71. The van der Waals surface area contributed by atoms with Crippen LogP contribution in [0.2, 0.25) is 0 Å². The van der Waals surface area contributed by atoms with Gasteiger partial charge in [0, 0.05) is 23.7 Å². The van der Waals surface area contributed by atoms with Crippen LogP contribution in [0.1, 0.15) is 52.0 Å². The fraction of sp³-hybridized carbons (Fsp3) is 0.611. The highest BCUT2D eigenvalue weighted by molar-refractivity contribution is 5.78. The Labute approximate surface area is 133 Å².